The molecule has 1 aromatic rings. The number of carboxylic acids is 1. The second kappa shape index (κ2) is 3.21. The van der Waals surface area contributed by atoms with Gasteiger partial charge in [0, 0.05) is 0 Å². The number of hydrogen-bond donors (Lipinski definition) is 2. The number of carbonyl (C=O) groups is 1. The smallest absolute Gasteiger partial charge is 0.343 e. The predicted octanol–water partition coefficient (Wildman–Crippen LogP) is -0.393. The Labute approximate surface area is 67.8 Å². The van der Waals surface area contributed by atoms with Crippen LogP contribution in [0, 0.1) is 0 Å². The van der Waals surface area contributed by atoms with E-state index in [9.17, 15) is 9.59 Å². The van der Waals surface area contributed by atoms with Crippen LogP contribution in [0.15, 0.2) is 11.1 Å². The predicted molar refractivity (Wildman–Crippen MR) is 39.8 cm³/mol. The second-order valence-electron chi connectivity index (χ2n) is 2.33. The molecule has 0 aliphatic heterocycles. The highest BCUT2D eigenvalue weighted by molar-refractivity contribution is 5.71. The largest absolute Gasteiger partial charge is 0.480 e. The molecule has 0 fully saturated rings. The highest BCUT2D eigenvalue weighted by Gasteiger charge is 2.18. The van der Waals surface area contributed by atoms with Crippen molar-refractivity contribution in [2.24, 2.45) is 0 Å². The SMILES string of the molecule is CCC(C(=O)O)n1cn[nH]c1=O. The van der Waals surface area contributed by atoms with Crippen molar-refractivity contribution in [1.29, 1.82) is 0 Å². The molecular weight excluding hydrogens is 162 g/mol. The van der Waals surface area contributed by atoms with Gasteiger partial charge in [-0.15, -0.1) is 0 Å². The first-order chi connectivity index (χ1) is 5.66. The summed E-state index contributed by atoms with van der Waals surface area (Å²) in [6.07, 6.45) is 1.54. The number of rotatable bonds is 3. The molecule has 0 aliphatic rings. The Morgan fingerprint density at radius 3 is 2.92 bits per heavy atom. The Morgan fingerprint density at radius 1 is 1.92 bits per heavy atom. The fraction of sp³-hybridized carbons (Fsp3) is 0.500. The van der Waals surface area contributed by atoms with E-state index in [0.29, 0.717) is 6.42 Å². The van der Waals surface area contributed by atoms with E-state index in [1.54, 1.807) is 6.92 Å². The number of H-pyrrole nitrogens is 1. The van der Waals surface area contributed by atoms with Gasteiger partial charge >= 0.3 is 11.7 Å². The van der Waals surface area contributed by atoms with Crippen molar-refractivity contribution < 1.29 is 9.90 Å². The molecule has 6 nitrogen and oxygen atoms in total. The van der Waals surface area contributed by atoms with E-state index >= 15 is 0 Å². The summed E-state index contributed by atoms with van der Waals surface area (Å²) in [6.45, 7) is 1.69. The average Bonchev–Trinajstić information content (AvgIpc) is 2.38. The maximum Gasteiger partial charge on any atom is 0.343 e. The van der Waals surface area contributed by atoms with Crippen molar-refractivity contribution in [2.45, 2.75) is 19.4 Å². The van der Waals surface area contributed by atoms with Crippen molar-refractivity contribution in [3.8, 4) is 0 Å². The van der Waals surface area contributed by atoms with Crippen LogP contribution in [0.5, 0.6) is 0 Å². The molecule has 1 unspecified atom stereocenters. The third-order valence-electron chi connectivity index (χ3n) is 1.58. The number of nitrogens with zero attached hydrogens (tertiary/aromatic N) is 2. The third kappa shape index (κ3) is 1.36. The Hall–Kier alpha value is -1.59. The van der Waals surface area contributed by atoms with Gasteiger partial charge in [-0.2, -0.15) is 5.10 Å². The van der Waals surface area contributed by atoms with Crippen molar-refractivity contribution in [3.63, 3.8) is 0 Å². The molecule has 0 aliphatic carbocycles. The van der Waals surface area contributed by atoms with Crippen LogP contribution in [-0.2, 0) is 4.79 Å². The van der Waals surface area contributed by atoms with Gasteiger partial charge in [0.15, 0.2) is 0 Å². The first kappa shape index (κ1) is 8.51. The summed E-state index contributed by atoms with van der Waals surface area (Å²) in [4.78, 5) is 21.5. The molecule has 0 radical (unpaired) electrons. The zero-order chi connectivity index (χ0) is 9.14. The molecule has 6 heteroatoms. The summed E-state index contributed by atoms with van der Waals surface area (Å²) in [5.74, 6) is -1.03. The van der Waals surface area contributed by atoms with Crippen LogP contribution < -0.4 is 5.69 Å². The van der Waals surface area contributed by atoms with E-state index in [1.807, 2.05) is 0 Å². The summed E-state index contributed by atoms with van der Waals surface area (Å²) in [7, 11) is 0. The maximum absolute atomic E-state index is 10.9. The number of nitrogens with one attached hydrogen (secondary N) is 1. The molecule has 0 saturated heterocycles. The maximum atomic E-state index is 10.9. The molecule has 1 atom stereocenters. The molecule has 0 saturated carbocycles. The molecule has 1 heterocycles. The van der Waals surface area contributed by atoms with E-state index in [4.69, 9.17) is 5.11 Å². The lowest BCUT2D eigenvalue weighted by atomic mass is 10.2. The van der Waals surface area contributed by atoms with E-state index in [0.717, 1.165) is 4.57 Å². The lowest BCUT2D eigenvalue weighted by Gasteiger charge is -2.07. The summed E-state index contributed by atoms with van der Waals surface area (Å²) < 4.78 is 1.06. The van der Waals surface area contributed by atoms with Gasteiger partial charge in [-0.3, -0.25) is 4.57 Å². The van der Waals surface area contributed by atoms with Gasteiger partial charge < -0.3 is 5.11 Å². The molecule has 12 heavy (non-hydrogen) atoms. The van der Waals surface area contributed by atoms with Gasteiger partial charge in [0.25, 0.3) is 0 Å². The van der Waals surface area contributed by atoms with E-state index < -0.39 is 17.7 Å². The van der Waals surface area contributed by atoms with Gasteiger partial charge in [-0.1, -0.05) is 6.92 Å². The summed E-state index contributed by atoms with van der Waals surface area (Å²) in [5.41, 5.74) is -0.496. The molecular formula is C6H9N3O3. The van der Waals surface area contributed by atoms with Gasteiger partial charge in [0.05, 0.1) is 0 Å². The minimum absolute atomic E-state index is 0.356. The van der Waals surface area contributed by atoms with E-state index in [2.05, 4.69) is 10.2 Å². The number of aromatic amines is 1. The highest BCUT2D eigenvalue weighted by Crippen LogP contribution is 2.06. The molecule has 0 bridgehead atoms. The fourth-order valence-electron chi connectivity index (χ4n) is 0.969. The summed E-state index contributed by atoms with van der Waals surface area (Å²) >= 11 is 0. The van der Waals surface area contributed by atoms with Gasteiger partial charge in [0.1, 0.15) is 12.4 Å². The van der Waals surface area contributed by atoms with Gasteiger partial charge in [0.2, 0.25) is 0 Å². The molecule has 0 amide bonds. The summed E-state index contributed by atoms with van der Waals surface area (Å²) in [6, 6.07) is -0.823. The molecule has 0 aromatic carbocycles. The highest BCUT2D eigenvalue weighted by atomic mass is 16.4. The number of aromatic nitrogens is 3. The van der Waals surface area contributed by atoms with E-state index in [-0.39, 0.29) is 0 Å². The number of aliphatic carboxylic acids is 1. The minimum Gasteiger partial charge on any atom is -0.480 e. The number of carboxylic acid groups (broad SMARTS) is 1. The van der Waals surface area contributed by atoms with Crippen molar-refractivity contribution in [3.05, 3.63) is 16.8 Å². The molecule has 0 spiro atoms. The monoisotopic (exact) mass is 171 g/mol. The first-order valence-corrected chi connectivity index (χ1v) is 3.51. The quantitative estimate of drug-likeness (QED) is 0.648. The van der Waals surface area contributed by atoms with E-state index in [1.165, 1.54) is 6.33 Å². The molecule has 1 aromatic heterocycles. The van der Waals surface area contributed by atoms with Crippen LogP contribution in [-0.4, -0.2) is 25.8 Å². The number of hydrogen-bond acceptors (Lipinski definition) is 3. The van der Waals surface area contributed by atoms with Crippen LogP contribution in [0.2, 0.25) is 0 Å². The lowest BCUT2D eigenvalue weighted by Crippen LogP contribution is -2.26. The van der Waals surface area contributed by atoms with Crippen LogP contribution in [0.3, 0.4) is 0 Å². The third-order valence-corrected chi connectivity index (χ3v) is 1.58. The van der Waals surface area contributed by atoms with Gasteiger partial charge in [-0.25, -0.2) is 14.7 Å². The molecule has 2 N–H and O–H groups in total. The van der Waals surface area contributed by atoms with Crippen LogP contribution in [0.1, 0.15) is 19.4 Å². The Bertz CT molecular complexity index is 327. The van der Waals surface area contributed by atoms with Crippen molar-refractivity contribution >= 4 is 5.97 Å². The minimum atomic E-state index is -1.03. The zero-order valence-corrected chi connectivity index (χ0v) is 6.52. The Morgan fingerprint density at radius 2 is 2.58 bits per heavy atom. The Kier molecular flexibility index (Phi) is 2.27. The normalized spacial score (nSPS) is 12.8. The van der Waals surface area contributed by atoms with Crippen LogP contribution in [0.4, 0.5) is 0 Å². The zero-order valence-electron chi connectivity index (χ0n) is 6.52. The first-order valence-electron chi connectivity index (χ1n) is 3.51. The topological polar surface area (TPSA) is 88.0 Å². The van der Waals surface area contributed by atoms with Crippen LogP contribution >= 0.6 is 0 Å². The second-order valence-corrected chi connectivity index (χ2v) is 2.33. The molecule has 1 rings (SSSR count). The Balaban J connectivity index is 3.03. The average molecular weight is 171 g/mol. The lowest BCUT2D eigenvalue weighted by molar-refractivity contribution is -0.141. The summed E-state index contributed by atoms with van der Waals surface area (Å²) in [5, 5.41) is 14.2. The molecule has 66 valence electrons. The van der Waals surface area contributed by atoms with Crippen molar-refractivity contribution in [2.75, 3.05) is 0 Å². The standard InChI is InChI=1S/C6H9N3O3/c1-2-4(5(10)11)9-3-7-8-6(9)12/h3-4H,2H2,1H3,(H,8,12)(H,10,11). The van der Waals surface area contributed by atoms with Crippen LogP contribution in [0.25, 0.3) is 0 Å². The van der Waals surface area contributed by atoms with Crippen molar-refractivity contribution in [1.82, 2.24) is 14.8 Å². The van der Waals surface area contributed by atoms with Gasteiger partial charge in [-0.05, 0) is 6.42 Å². The fourth-order valence-corrected chi connectivity index (χ4v) is 0.969.